The number of carbonyl (C=O) groups excluding carboxylic acids is 1. The van der Waals surface area contributed by atoms with E-state index >= 15 is 0 Å². The number of benzene rings is 3. The first kappa shape index (κ1) is 20.8. The van der Waals surface area contributed by atoms with Gasteiger partial charge in [0, 0.05) is 18.0 Å². The van der Waals surface area contributed by atoms with Crippen LogP contribution in [0.2, 0.25) is 0 Å². The lowest BCUT2D eigenvalue weighted by atomic mass is 10.0. The van der Waals surface area contributed by atoms with Gasteiger partial charge in [-0.1, -0.05) is 78.4 Å². The van der Waals surface area contributed by atoms with Crippen molar-refractivity contribution in [2.24, 2.45) is 7.05 Å². The highest BCUT2D eigenvalue weighted by Gasteiger charge is 2.23. The van der Waals surface area contributed by atoms with Crippen LogP contribution in [0.15, 0.2) is 91.1 Å². The van der Waals surface area contributed by atoms with Crippen molar-refractivity contribution >= 4 is 16.8 Å². The summed E-state index contributed by atoms with van der Waals surface area (Å²) in [6, 6.07) is 28.1. The second kappa shape index (κ2) is 8.79. The number of fused-ring (bicyclic) bond motifs is 1. The predicted octanol–water partition coefficient (Wildman–Crippen LogP) is 5.59. The maximum absolute atomic E-state index is 13.2. The number of aromatic nitrogens is 3. The van der Waals surface area contributed by atoms with Crippen molar-refractivity contribution in [2.75, 3.05) is 0 Å². The summed E-state index contributed by atoms with van der Waals surface area (Å²) in [7, 11) is 2.00. The van der Waals surface area contributed by atoms with E-state index in [0.29, 0.717) is 12.1 Å². The van der Waals surface area contributed by atoms with Crippen LogP contribution in [-0.4, -0.2) is 20.4 Å². The van der Waals surface area contributed by atoms with Crippen molar-refractivity contribution in [2.45, 2.75) is 19.4 Å². The van der Waals surface area contributed by atoms with Crippen molar-refractivity contribution < 1.29 is 4.79 Å². The van der Waals surface area contributed by atoms with Crippen LogP contribution in [0.3, 0.4) is 0 Å². The fourth-order valence-electron chi connectivity index (χ4n) is 4.23. The number of nitrogens with one attached hydrogen (secondary N) is 2. The third kappa shape index (κ3) is 4.30. The lowest BCUT2D eigenvalue weighted by Crippen LogP contribution is -2.32. The Kier molecular flexibility index (Phi) is 5.53. The number of para-hydroxylation sites is 1. The average molecular weight is 435 g/mol. The number of amides is 1. The summed E-state index contributed by atoms with van der Waals surface area (Å²) in [4.78, 5) is 21.2. The number of carbonyl (C=O) groups is 1. The Hall–Kier alpha value is -4.12. The number of aryl methyl sites for hydroxylation is 1. The van der Waals surface area contributed by atoms with Crippen molar-refractivity contribution in [3.8, 4) is 11.3 Å². The van der Waals surface area contributed by atoms with Gasteiger partial charge in [-0.3, -0.25) is 4.79 Å². The molecule has 2 N–H and O–H groups in total. The number of H-pyrrole nitrogens is 1. The van der Waals surface area contributed by atoms with Gasteiger partial charge in [-0.2, -0.15) is 0 Å². The fourth-order valence-corrected chi connectivity index (χ4v) is 4.23. The summed E-state index contributed by atoms with van der Waals surface area (Å²) in [6.45, 7) is 2.08. The lowest BCUT2D eigenvalue weighted by Gasteiger charge is -2.19. The molecule has 2 heterocycles. The van der Waals surface area contributed by atoms with Crippen molar-refractivity contribution in [1.29, 1.82) is 0 Å². The zero-order valence-corrected chi connectivity index (χ0v) is 18.7. The normalized spacial score (nSPS) is 12.1. The SMILES string of the molecule is Cc1ccc(-c2cnc([C@H](Cc3ccccc3)NC(=O)c3cc4ccccc4[nH]3)n2C)cc1. The van der Waals surface area contributed by atoms with Gasteiger partial charge in [-0.05, 0) is 36.6 Å². The van der Waals surface area contributed by atoms with Gasteiger partial charge >= 0.3 is 0 Å². The summed E-state index contributed by atoms with van der Waals surface area (Å²) < 4.78 is 2.07. The van der Waals surface area contributed by atoms with Gasteiger partial charge in [0.05, 0.1) is 17.9 Å². The summed E-state index contributed by atoms with van der Waals surface area (Å²) in [5, 5.41) is 4.23. The molecule has 1 amide bonds. The van der Waals surface area contributed by atoms with E-state index in [2.05, 4.69) is 58.2 Å². The molecule has 0 fully saturated rings. The third-order valence-electron chi connectivity index (χ3n) is 6.05. The number of nitrogens with zero attached hydrogens (tertiary/aromatic N) is 2. The first-order valence-corrected chi connectivity index (χ1v) is 11.1. The van der Waals surface area contributed by atoms with Crippen molar-refractivity contribution in [3.63, 3.8) is 0 Å². The van der Waals surface area contributed by atoms with Crippen LogP contribution in [-0.2, 0) is 13.5 Å². The molecular formula is C28H26N4O. The van der Waals surface area contributed by atoms with E-state index in [9.17, 15) is 4.79 Å². The molecule has 164 valence electrons. The van der Waals surface area contributed by atoms with E-state index in [1.54, 1.807) is 0 Å². The molecule has 5 rings (SSSR count). The molecule has 5 nitrogen and oxygen atoms in total. The minimum absolute atomic E-state index is 0.146. The zero-order chi connectivity index (χ0) is 22.8. The van der Waals surface area contributed by atoms with E-state index in [-0.39, 0.29) is 11.9 Å². The standard InChI is InChI=1S/C28H26N4O/c1-19-12-14-21(15-13-19)26-18-29-27(32(26)2)24(16-20-8-4-3-5-9-20)31-28(33)25-17-22-10-6-7-11-23(22)30-25/h3-15,17-18,24,30H,16H2,1-2H3,(H,31,33)/t24-/m0/s1. The van der Waals surface area contributed by atoms with Crippen LogP contribution in [0.5, 0.6) is 0 Å². The van der Waals surface area contributed by atoms with Crippen LogP contribution < -0.4 is 5.32 Å². The molecule has 0 bridgehead atoms. The van der Waals surface area contributed by atoms with Crippen LogP contribution in [0, 0.1) is 6.92 Å². The van der Waals surface area contributed by atoms with Gasteiger partial charge in [0.1, 0.15) is 11.5 Å². The summed E-state index contributed by atoms with van der Waals surface area (Å²) in [5.41, 5.74) is 5.96. The highest BCUT2D eigenvalue weighted by molar-refractivity contribution is 5.98. The second-order valence-corrected chi connectivity index (χ2v) is 8.41. The van der Waals surface area contributed by atoms with Crippen molar-refractivity contribution in [3.05, 3.63) is 114 Å². The molecule has 0 unspecified atom stereocenters. The molecular weight excluding hydrogens is 408 g/mol. The van der Waals surface area contributed by atoms with Gasteiger partial charge in [-0.25, -0.2) is 4.98 Å². The Morgan fingerprint density at radius 2 is 1.73 bits per heavy atom. The quantitative estimate of drug-likeness (QED) is 0.366. The predicted molar refractivity (Wildman–Crippen MR) is 132 cm³/mol. The molecule has 33 heavy (non-hydrogen) atoms. The third-order valence-corrected chi connectivity index (χ3v) is 6.05. The summed E-state index contributed by atoms with van der Waals surface area (Å²) in [5.74, 6) is 0.672. The molecule has 0 aliphatic rings. The highest BCUT2D eigenvalue weighted by Crippen LogP contribution is 2.25. The molecule has 5 heteroatoms. The lowest BCUT2D eigenvalue weighted by molar-refractivity contribution is 0.0930. The van der Waals surface area contributed by atoms with Gasteiger partial charge in [0.2, 0.25) is 0 Å². The van der Waals surface area contributed by atoms with Crippen molar-refractivity contribution in [1.82, 2.24) is 19.9 Å². The first-order chi connectivity index (χ1) is 16.1. The van der Waals surface area contributed by atoms with E-state index in [1.807, 2.05) is 61.8 Å². The highest BCUT2D eigenvalue weighted by atomic mass is 16.2. The number of imidazole rings is 1. The molecule has 0 saturated heterocycles. The Bertz CT molecular complexity index is 1360. The van der Waals surface area contributed by atoms with E-state index in [0.717, 1.165) is 33.5 Å². The molecule has 0 radical (unpaired) electrons. The molecule has 0 spiro atoms. The topological polar surface area (TPSA) is 62.7 Å². The smallest absolute Gasteiger partial charge is 0.268 e. The Labute approximate surface area is 193 Å². The number of hydrogen-bond acceptors (Lipinski definition) is 2. The number of rotatable bonds is 6. The Balaban J connectivity index is 1.48. The minimum Gasteiger partial charge on any atom is -0.351 e. The average Bonchev–Trinajstić information content (AvgIpc) is 3.44. The van der Waals surface area contributed by atoms with E-state index in [4.69, 9.17) is 4.98 Å². The summed E-state index contributed by atoms with van der Waals surface area (Å²) in [6.07, 6.45) is 2.53. The molecule has 0 saturated carbocycles. The molecule has 0 aliphatic carbocycles. The van der Waals surface area contributed by atoms with Gasteiger partial charge in [0.15, 0.2) is 0 Å². The number of aromatic amines is 1. The van der Waals surface area contributed by atoms with Gasteiger partial charge in [0.25, 0.3) is 5.91 Å². The molecule has 5 aromatic rings. The largest absolute Gasteiger partial charge is 0.351 e. The van der Waals surface area contributed by atoms with Crippen LogP contribution in [0.1, 0.15) is 33.5 Å². The molecule has 0 aliphatic heterocycles. The summed E-state index contributed by atoms with van der Waals surface area (Å²) >= 11 is 0. The second-order valence-electron chi connectivity index (χ2n) is 8.41. The molecule has 2 aromatic heterocycles. The van der Waals surface area contributed by atoms with Gasteiger partial charge < -0.3 is 14.9 Å². The van der Waals surface area contributed by atoms with Crippen LogP contribution in [0.25, 0.3) is 22.2 Å². The monoisotopic (exact) mass is 434 g/mol. The van der Waals surface area contributed by atoms with E-state index < -0.39 is 0 Å². The first-order valence-electron chi connectivity index (χ1n) is 11.1. The van der Waals surface area contributed by atoms with Crippen LogP contribution >= 0.6 is 0 Å². The molecule has 3 aromatic carbocycles. The molecule has 1 atom stereocenters. The minimum atomic E-state index is -0.282. The Morgan fingerprint density at radius 3 is 2.48 bits per heavy atom. The maximum atomic E-state index is 13.2. The maximum Gasteiger partial charge on any atom is 0.268 e. The van der Waals surface area contributed by atoms with Crippen LogP contribution in [0.4, 0.5) is 0 Å². The number of hydrogen-bond donors (Lipinski definition) is 2. The van der Waals surface area contributed by atoms with E-state index in [1.165, 1.54) is 5.56 Å². The fraction of sp³-hybridized carbons (Fsp3) is 0.143. The Morgan fingerprint density at radius 1 is 1.00 bits per heavy atom. The zero-order valence-electron chi connectivity index (χ0n) is 18.7. The van der Waals surface area contributed by atoms with Gasteiger partial charge in [-0.15, -0.1) is 0 Å².